The first kappa shape index (κ1) is 35.5. The zero-order valence-corrected chi connectivity index (χ0v) is 25.6. The number of hydrogen-bond acceptors (Lipinski definition) is 7. The molecular formula is C31H48N4O6. The van der Waals surface area contributed by atoms with Crippen molar-refractivity contribution < 1.29 is 29.4 Å². The van der Waals surface area contributed by atoms with Gasteiger partial charge in [0, 0.05) is 43.3 Å². The number of nitrogens with one attached hydrogen (secondary N) is 1. The zero-order chi connectivity index (χ0) is 31.3. The van der Waals surface area contributed by atoms with Gasteiger partial charge in [0.15, 0.2) is 0 Å². The average molecular weight is 573 g/mol. The lowest BCUT2D eigenvalue weighted by atomic mass is 9.86. The Balaban J connectivity index is 0.00000196. The molecule has 2 rings (SSSR count). The maximum absolute atomic E-state index is 13.7. The quantitative estimate of drug-likeness (QED) is 0.295. The van der Waals surface area contributed by atoms with E-state index in [9.17, 15) is 19.5 Å². The molecule has 3 unspecified atom stereocenters. The number of likely N-dealkylation sites (N-methyl/N-ethyl adjacent to an activating group) is 2. The van der Waals surface area contributed by atoms with Gasteiger partial charge in [0.1, 0.15) is 0 Å². The number of allylic oxidation sites excluding steroid dienone is 6. The number of fused-ring (bicyclic) bond motifs is 2. The van der Waals surface area contributed by atoms with Crippen molar-refractivity contribution in [3.8, 4) is 0 Å². The second-order valence-electron chi connectivity index (χ2n) is 11.2. The number of nitrogens with zero attached hydrogens (tertiary/aromatic N) is 2. The molecule has 228 valence electrons. The maximum atomic E-state index is 13.7. The SMILES string of the molecule is C/C1=C\C(C)C(O)CCC(C)CC2=C(NCCN(C)C)C(=O)C=C(C2=O)N(C)C(=O)/C(C)=C/C=C\CC1.NC(=O)O. The minimum Gasteiger partial charge on any atom is -0.465 e. The number of rotatable bonds is 4. The van der Waals surface area contributed by atoms with Gasteiger partial charge in [-0.2, -0.15) is 0 Å². The van der Waals surface area contributed by atoms with Crippen LogP contribution in [0.1, 0.15) is 59.8 Å². The van der Waals surface area contributed by atoms with E-state index in [1.807, 2.05) is 45.0 Å². The lowest BCUT2D eigenvalue weighted by Gasteiger charge is -2.27. The lowest BCUT2D eigenvalue weighted by Crippen LogP contribution is -2.38. The Kier molecular flexibility index (Phi) is 15.0. The van der Waals surface area contributed by atoms with Gasteiger partial charge < -0.3 is 31.1 Å². The number of aliphatic hydroxyl groups excluding tert-OH is 1. The molecule has 41 heavy (non-hydrogen) atoms. The van der Waals surface area contributed by atoms with Crippen molar-refractivity contribution in [2.45, 2.75) is 65.9 Å². The van der Waals surface area contributed by atoms with Crippen LogP contribution >= 0.6 is 0 Å². The molecule has 0 fully saturated rings. The molecule has 0 aromatic carbocycles. The number of amides is 2. The van der Waals surface area contributed by atoms with Gasteiger partial charge >= 0.3 is 6.09 Å². The average Bonchev–Trinajstić information content (AvgIpc) is 2.88. The van der Waals surface area contributed by atoms with Crippen LogP contribution in [-0.4, -0.2) is 83.9 Å². The minimum absolute atomic E-state index is 0.0292. The van der Waals surface area contributed by atoms with Gasteiger partial charge in [-0.3, -0.25) is 14.4 Å². The number of Topliss-reactive ketones (excluding diaryl/α,β-unsaturated/α-hetero) is 1. The molecule has 5 N–H and O–H groups in total. The van der Waals surface area contributed by atoms with Gasteiger partial charge in [-0.05, 0) is 66.0 Å². The van der Waals surface area contributed by atoms with E-state index in [-0.39, 0.29) is 35.0 Å². The molecule has 10 nitrogen and oxygen atoms in total. The Morgan fingerprint density at radius 2 is 1.80 bits per heavy atom. The molecule has 2 amide bonds. The number of carbonyl (C=O) groups excluding carboxylic acids is 3. The zero-order valence-electron chi connectivity index (χ0n) is 25.6. The van der Waals surface area contributed by atoms with Gasteiger partial charge in [0.2, 0.25) is 11.6 Å². The topological polar surface area (TPSA) is 153 Å². The Morgan fingerprint density at radius 1 is 1.17 bits per heavy atom. The van der Waals surface area contributed by atoms with Gasteiger partial charge in [0.25, 0.3) is 5.91 Å². The maximum Gasteiger partial charge on any atom is 0.402 e. The molecule has 3 atom stereocenters. The molecule has 1 aliphatic heterocycles. The highest BCUT2D eigenvalue weighted by Crippen LogP contribution is 2.29. The van der Waals surface area contributed by atoms with Gasteiger partial charge in [-0.25, -0.2) is 4.79 Å². The van der Waals surface area contributed by atoms with Crippen LogP contribution in [-0.2, 0) is 14.4 Å². The van der Waals surface area contributed by atoms with Gasteiger partial charge in [0.05, 0.1) is 17.5 Å². The summed E-state index contributed by atoms with van der Waals surface area (Å²) in [7, 11) is 5.43. The number of aliphatic hydroxyl groups is 1. The van der Waals surface area contributed by atoms with Crippen LogP contribution in [0.4, 0.5) is 4.79 Å². The first-order valence-corrected chi connectivity index (χ1v) is 14.0. The van der Waals surface area contributed by atoms with E-state index >= 15 is 0 Å². The minimum atomic E-state index is -1.33. The summed E-state index contributed by atoms with van der Waals surface area (Å²) in [5.74, 6) is -0.820. The van der Waals surface area contributed by atoms with E-state index in [0.29, 0.717) is 49.2 Å². The predicted octanol–water partition coefficient (Wildman–Crippen LogP) is 3.55. The van der Waals surface area contributed by atoms with Crippen molar-refractivity contribution in [3.05, 3.63) is 58.5 Å². The summed E-state index contributed by atoms with van der Waals surface area (Å²) < 4.78 is 0. The molecule has 0 aromatic rings. The first-order valence-electron chi connectivity index (χ1n) is 14.0. The summed E-state index contributed by atoms with van der Waals surface area (Å²) in [5, 5.41) is 21.1. The van der Waals surface area contributed by atoms with E-state index in [2.05, 4.69) is 24.1 Å². The summed E-state index contributed by atoms with van der Waals surface area (Å²) in [6.07, 6.45) is 10.6. The summed E-state index contributed by atoms with van der Waals surface area (Å²) >= 11 is 0. The highest BCUT2D eigenvalue weighted by molar-refractivity contribution is 6.23. The third kappa shape index (κ3) is 12.3. The van der Waals surface area contributed by atoms with Crippen LogP contribution in [0.25, 0.3) is 0 Å². The van der Waals surface area contributed by atoms with Crippen LogP contribution in [0, 0.1) is 11.8 Å². The molecule has 0 spiro atoms. The second kappa shape index (κ2) is 17.3. The largest absolute Gasteiger partial charge is 0.465 e. The van der Waals surface area contributed by atoms with Crippen LogP contribution in [0.3, 0.4) is 0 Å². The number of ketones is 2. The van der Waals surface area contributed by atoms with E-state index < -0.39 is 12.2 Å². The molecule has 0 saturated carbocycles. The molecule has 0 saturated heterocycles. The van der Waals surface area contributed by atoms with E-state index in [1.54, 1.807) is 20.0 Å². The number of carbonyl (C=O) groups is 4. The fourth-order valence-corrected chi connectivity index (χ4v) is 4.60. The van der Waals surface area contributed by atoms with Crippen LogP contribution in [0.15, 0.2) is 58.5 Å². The molecule has 1 aliphatic carbocycles. The first-order chi connectivity index (χ1) is 19.1. The molecular weight excluding hydrogens is 524 g/mol. The lowest BCUT2D eigenvalue weighted by molar-refractivity contribution is -0.127. The second-order valence-corrected chi connectivity index (χ2v) is 11.2. The van der Waals surface area contributed by atoms with Crippen LogP contribution in [0.5, 0.6) is 0 Å². The highest BCUT2D eigenvalue weighted by Gasteiger charge is 2.33. The van der Waals surface area contributed by atoms with Crippen molar-refractivity contribution in [2.24, 2.45) is 17.6 Å². The van der Waals surface area contributed by atoms with Crippen molar-refractivity contribution in [1.29, 1.82) is 0 Å². The number of hydrogen-bond donors (Lipinski definition) is 4. The van der Waals surface area contributed by atoms with Gasteiger partial charge in [-0.15, -0.1) is 0 Å². The molecule has 10 heteroatoms. The normalized spacial score (nSPS) is 26.8. The van der Waals surface area contributed by atoms with Crippen molar-refractivity contribution >= 4 is 23.6 Å². The molecule has 2 aliphatic rings. The van der Waals surface area contributed by atoms with E-state index in [4.69, 9.17) is 9.90 Å². The molecule has 0 aromatic heterocycles. The van der Waals surface area contributed by atoms with Crippen molar-refractivity contribution in [2.75, 3.05) is 34.2 Å². The number of carboxylic acid groups (broad SMARTS) is 1. The smallest absolute Gasteiger partial charge is 0.402 e. The summed E-state index contributed by atoms with van der Waals surface area (Å²) in [6.45, 7) is 9.08. The molecule has 0 radical (unpaired) electrons. The Hall–Kier alpha value is -3.50. The van der Waals surface area contributed by atoms with Crippen molar-refractivity contribution in [3.63, 3.8) is 0 Å². The monoisotopic (exact) mass is 572 g/mol. The molecule has 1 heterocycles. The van der Waals surface area contributed by atoms with E-state index in [0.717, 1.165) is 12.8 Å². The summed E-state index contributed by atoms with van der Waals surface area (Å²) in [6, 6.07) is 0. The van der Waals surface area contributed by atoms with E-state index in [1.165, 1.54) is 16.5 Å². The highest BCUT2D eigenvalue weighted by atomic mass is 16.4. The fourth-order valence-electron chi connectivity index (χ4n) is 4.60. The standard InChI is InChI=1S/C30H45N3O4.CH3NO2/c1-20-11-9-8-10-12-22(3)30(37)33(7)25-19-27(35)28(31-15-16-32(5)6)24(29(25)36)18-21(2)13-14-26(34)23(4)17-20;2-1(3)4/h8,10,12,17,19,21,23,26,31,34H,9,11,13-16,18H2,1-7H3;2H2,(H,3,4)/b10-8-,20-17+,22-12+;. The third-order valence-electron chi connectivity index (χ3n) is 7.04. The predicted molar refractivity (Wildman–Crippen MR) is 161 cm³/mol. The van der Waals surface area contributed by atoms with Crippen molar-refractivity contribution in [1.82, 2.24) is 15.1 Å². The Labute approximate surface area is 244 Å². The molecule has 2 bridgehead atoms. The van der Waals surface area contributed by atoms with Crippen LogP contribution in [0.2, 0.25) is 0 Å². The summed E-state index contributed by atoms with van der Waals surface area (Å²) in [5.41, 5.74) is 6.55. The van der Waals surface area contributed by atoms with Gasteiger partial charge in [-0.1, -0.05) is 43.7 Å². The Morgan fingerprint density at radius 3 is 2.41 bits per heavy atom. The fraction of sp³-hybridized carbons (Fsp3) is 0.548. The Bertz CT molecular complexity index is 1110. The third-order valence-corrected chi connectivity index (χ3v) is 7.04. The number of nitrogens with two attached hydrogens (primary N) is 1. The van der Waals surface area contributed by atoms with Crippen LogP contribution < -0.4 is 11.1 Å². The number of primary amides is 1. The summed E-state index contributed by atoms with van der Waals surface area (Å²) in [4.78, 5) is 52.0.